The Hall–Kier alpha value is -2.55. The van der Waals surface area contributed by atoms with Crippen molar-refractivity contribution in [1.29, 1.82) is 0 Å². The number of aromatic nitrogens is 5. The Kier molecular flexibility index (Phi) is 5.02. The van der Waals surface area contributed by atoms with Crippen molar-refractivity contribution in [2.45, 2.75) is 26.4 Å². The summed E-state index contributed by atoms with van der Waals surface area (Å²) in [7, 11) is 1.58. The molecule has 3 heterocycles. The number of benzene rings is 1. The van der Waals surface area contributed by atoms with Crippen LogP contribution in [0.3, 0.4) is 0 Å². The van der Waals surface area contributed by atoms with E-state index in [1.54, 1.807) is 35.8 Å². The molecule has 1 aromatic carbocycles. The Morgan fingerprint density at radius 1 is 1.14 bits per heavy atom. The van der Waals surface area contributed by atoms with Crippen LogP contribution in [0.4, 0.5) is 0 Å². The summed E-state index contributed by atoms with van der Waals surface area (Å²) in [6.07, 6.45) is 2.36. The summed E-state index contributed by atoms with van der Waals surface area (Å²) in [5, 5.41) is 9.92. The quantitative estimate of drug-likeness (QED) is 0.520. The number of aliphatic hydroxyl groups excluding tert-OH is 1. The van der Waals surface area contributed by atoms with Crippen LogP contribution in [0.1, 0.15) is 17.7 Å². The maximum atomic E-state index is 13.3. The zero-order chi connectivity index (χ0) is 20.9. The zero-order valence-electron chi connectivity index (χ0n) is 15.9. The lowest BCUT2D eigenvalue weighted by atomic mass is 10.2. The number of rotatable bonds is 5. The van der Waals surface area contributed by atoms with Crippen molar-refractivity contribution >= 4 is 40.1 Å². The van der Waals surface area contributed by atoms with Crippen LogP contribution in [0.15, 0.2) is 34.0 Å². The molecule has 0 aliphatic heterocycles. The van der Waals surface area contributed by atoms with E-state index in [4.69, 9.17) is 28.3 Å². The molecule has 4 aromatic rings. The Labute approximate surface area is 175 Å². The number of hydrogen-bond donors (Lipinski definition) is 1. The molecule has 0 aliphatic rings. The van der Waals surface area contributed by atoms with Gasteiger partial charge < -0.3 is 9.67 Å². The Bertz CT molecular complexity index is 1340. The van der Waals surface area contributed by atoms with Gasteiger partial charge >= 0.3 is 5.69 Å². The largest absolute Gasteiger partial charge is 0.396 e. The molecule has 0 saturated heterocycles. The van der Waals surface area contributed by atoms with Gasteiger partial charge in [-0.1, -0.05) is 29.3 Å². The van der Waals surface area contributed by atoms with Crippen LogP contribution < -0.4 is 11.2 Å². The third-order valence-corrected chi connectivity index (χ3v) is 5.77. The van der Waals surface area contributed by atoms with Crippen molar-refractivity contribution in [3.8, 4) is 0 Å². The first-order chi connectivity index (χ1) is 13.8. The molecule has 0 fully saturated rings. The van der Waals surface area contributed by atoms with E-state index < -0.39 is 11.2 Å². The minimum Gasteiger partial charge on any atom is -0.396 e. The predicted molar refractivity (Wildman–Crippen MR) is 112 cm³/mol. The van der Waals surface area contributed by atoms with Crippen molar-refractivity contribution in [3.63, 3.8) is 0 Å². The highest BCUT2D eigenvalue weighted by Crippen LogP contribution is 2.24. The SMILES string of the molecule is Cc1cn2c3c(=O)n(Cc4c(Cl)cccc4Cl)c(=O)n(C)c3nc2n1CCCO. The fourth-order valence-electron chi connectivity index (χ4n) is 3.54. The first-order valence-electron chi connectivity index (χ1n) is 9.06. The average Bonchev–Trinajstić information content (AvgIpc) is 3.19. The summed E-state index contributed by atoms with van der Waals surface area (Å²) in [6, 6.07) is 5.04. The Balaban J connectivity index is 1.99. The van der Waals surface area contributed by atoms with Crippen LogP contribution in [-0.2, 0) is 20.1 Å². The summed E-state index contributed by atoms with van der Waals surface area (Å²) in [6.45, 7) is 2.46. The van der Waals surface area contributed by atoms with Crippen LogP contribution in [0.5, 0.6) is 0 Å². The minimum atomic E-state index is -0.502. The molecule has 4 rings (SSSR count). The minimum absolute atomic E-state index is 0.0443. The lowest BCUT2D eigenvalue weighted by molar-refractivity contribution is 0.280. The molecule has 0 unspecified atom stereocenters. The lowest BCUT2D eigenvalue weighted by Gasteiger charge is -2.10. The van der Waals surface area contributed by atoms with E-state index in [2.05, 4.69) is 4.98 Å². The number of imidazole rings is 2. The summed E-state index contributed by atoms with van der Waals surface area (Å²) in [5.41, 5.74) is 1.04. The second-order valence-corrected chi connectivity index (χ2v) is 7.70. The first-order valence-corrected chi connectivity index (χ1v) is 9.82. The van der Waals surface area contributed by atoms with Gasteiger partial charge in [-0.05, 0) is 25.5 Å². The molecule has 0 spiro atoms. The van der Waals surface area contributed by atoms with Crippen molar-refractivity contribution in [2.24, 2.45) is 7.05 Å². The van der Waals surface area contributed by atoms with Gasteiger partial charge in [-0.2, -0.15) is 4.98 Å². The number of fused-ring (bicyclic) bond motifs is 3. The normalized spacial score (nSPS) is 11.8. The van der Waals surface area contributed by atoms with Gasteiger partial charge in [-0.3, -0.25) is 18.3 Å². The molecule has 0 amide bonds. The molecule has 29 heavy (non-hydrogen) atoms. The van der Waals surface area contributed by atoms with Crippen molar-refractivity contribution in [1.82, 2.24) is 23.1 Å². The topological polar surface area (TPSA) is 86.5 Å². The predicted octanol–water partition coefficient (Wildman–Crippen LogP) is 2.20. The van der Waals surface area contributed by atoms with Crippen LogP contribution in [0.25, 0.3) is 16.9 Å². The van der Waals surface area contributed by atoms with Gasteiger partial charge in [-0.25, -0.2) is 4.79 Å². The molecule has 0 atom stereocenters. The van der Waals surface area contributed by atoms with Gasteiger partial charge in [0.05, 0.1) is 6.54 Å². The monoisotopic (exact) mass is 435 g/mol. The Morgan fingerprint density at radius 3 is 2.48 bits per heavy atom. The molecular weight excluding hydrogens is 417 g/mol. The van der Waals surface area contributed by atoms with E-state index in [0.717, 1.165) is 10.3 Å². The number of aryl methyl sites for hydroxylation is 3. The lowest BCUT2D eigenvalue weighted by Crippen LogP contribution is -2.39. The standard InChI is InChI=1S/C19H19Cl2N5O3/c1-11-9-25-15-16(22-18(25)24(11)7-4-8-27)23(2)19(29)26(17(15)28)10-12-13(20)5-3-6-14(12)21/h3,5-6,9,27H,4,7-8,10H2,1-2H3. The highest BCUT2D eigenvalue weighted by molar-refractivity contribution is 6.35. The van der Waals surface area contributed by atoms with Gasteiger partial charge in [0.15, 0.2) is 11.2 Å². The molecule has 1 N–H and O–H groups in total. The number of aliphatic hydroxyl groups is 1. The highest BCUT2D eigenvalue weighted by Gasteiger charge is 2.21. The van der Waals surface area contributed by atoms with E-state index in [1.165, 1.54) is 4.57 Å². The van der Waals surface area contributed by atoms with E-state index in [9.17, 15) is 9.59 Å². The van der Waals surface area contributed by atoms with Gasteiger partial charge in [-0.15, -0.1) is 0 Å². The molecule has 0 radical (unpaired) electrons. The van der Waals surface area contributed by atoms with Crippen LogP contribution in [0.2, 0.25) is 10.0 Å². The van der Waals surface area contributed by atoms with Crippen molar-refractivity contribution in [3.05, 3.63) is 66.5 Å². The van der Waals surface area contributed by atoms with Gasteiger partial charge in [0.2, 0.25) is 5.78 Å². The van der Waals surface area contributed by atoms with Crippen LogP contribution in [-0.4, -0.2) is 34.8 Å². The van der Waals surface area contributed by atoms with Crippen molar-refractivity contribution < 1.29 is 5.11 Å². The molecule has 10 heteroatoms. The summed E-state index contributed by atoms with van der Waals surface area (Å²) in [5.74, 6) is 0.548. The van der Waals surface area contributed by atoms with Crippen molar-refractivity contribution in [2.75, 3.05) is 6.61 Å². The molecule has 3 aromatic heterocycles. The maximum Gasteiger partial charge on any atom is 0.332 e. The van der Waals surface area contributed by atoms with E-state index in [0.29, 0.717) is 45.5 Å². The smallest absolute Gasteiger partial charge is 0.332 e. The molecule has 0 saturated carbocycles. The van der Waals surface area contributed by atoms with Crippen LogP contribution in [0, 0.1) is 6.92 Å². The number of halogens is 2. The number of nitrogens with zero attached hydrogens (tertiary/aromatic N) is 5. The van der Waals surface area contributed by atoms with Gasteiger partial charge in [0.1, 0.15) is 0 Å². The molecule has 0 bridgehead atoms. The third kappa shape index (κ3) is 3.08. The van der Waals surface area contributed by atoms with E-state index in [1.807, 2.05) is 11.5 Å². The summed E-state index contributed by atoms with van der Waals surface area (Å²) < 4.78 is 6.06. The second-order valence-electron chi connectivity index (χ2n) is 6.89. The highest BCUT2D eigenvalue weighted by atomic mass is 35.5. The average molecular weight is 436 g/mol. The van der Waals surface area contributed by atoms with E-state index in [-0.39, 0.29) is 13.2 Å². The zero-order valence-corrected chi connectivity index (χ0v) is 17.4. The fraction of sp³-hybridized carbons (Fsp3) is 0.316. The third-order valence-electron chi connectivity index (χ3n) is 5.06. The van der Waals surface area contributed by atoms with Gasteiger partial charge in [0.25, 0.3) is 5.56 Å². The summed E-state index contributed by atoms with van der Waals surface area (Å²) in [4.78, 5) is 30.7. The summed E-state index contributed by atoms with van der Waals surface area (Å²) >= 11 is 12.5. The fourth-order valence-corrected chi connectivity index (χ4v) is 4.06. The first kappa shape index (κ1) is 19.8. The Morgan fingerprint density at radius 2 is 1.83 bits per heavy atom. The molecular formula is C19H19Cl2N5O3. The molecule has 0 aliphatic carbocycles. The maximum absolute atomic E-state index is 13.3. The van der Waals surface area contributed by atoms with E-state index >= 15 is 0 Å². The number of hydrogen-bond acceptors (Lipinski definition) is 4. The van der Waals surface area contributed by atoms with Crippen LogP contribution >= 0.6 is 23.2 Å². The van der Waals surface area contributed by atoms with Gasteiger partial charge in [0, 0.05) is 47.7 Å². The second kappa shape index (κ2) is 7.37. The molecule has 152 valence electrons. The molecule has 8 nitrogen and oxygen atoms in total.